The lowest BCUT2D eigenvalue weighted by atomic mass is 9.68. The summed E-state index contributed by atoms with van der Waals surface area (Å²) < 4.78 is 4.32. The van der Waals surface area contributed by atoms with E-state index in [9.17, 15) is 0 Å². The third kappa shape index (κ3) is 6.31. The van der Waals surface area contributed by atoms with Crippen molar-refractivity contribution < 1.29 is 4.29 Å². The monoisotopic (exact) mass is 120 g/mol. The second kappa shape index (κ2) is 4.47. The van der Waals surface area contributed by atoms with Gasteiger partial charge in [0.2, 0.25) is 0 Å². The molecule has 3 heteroatoms. The Morgan fingerprint density at radius 2 is 2.29 bits per heavy atom. The first kappa shape index (κ1) is 7.31. The van der Waals surface area contributed by atoms with Crippen LogP contribution in [0.3, 0.4) is 0 Å². The van der Waals surface area contributed by atoms with Crippen molar-refractivity contribution in [2.75, 3.05) is 6.51 Å². The fourth-order valence-corrected chi connectivity index (χ4v) is 0.369. The average molecular weight is 120 g/mol. The van der Waals surface area contributed by atoms with Gasteiger partial charge in [0.05, 0.1) is 11.9 Å². The van der Waals surface area contributed by atoms with Gasteiger partial charge in [0, 0.05) is 6.51 Å². The average Bonchev–Trinajstić information content (AvgIpc) is 1.61. The summed E-state index contributed by atoms with van der Waals surface area (Å²) in [6, 6.07) is 0. The molecule has 42 valence electrons. The maximum Gasteiger partial charge on any atom is 0.158 e. The van der Waals surface area contributed by atoms with Crippen molar-refractivity contribution in [3.8, 4) is 0 Å². The van der Waals surface area contributed by atoms with E-state index in [1.54, 1.807) is 0 Å². The molecule has 0 heterocycles. The summed E-state index contributed by atoms with van der Waals surface area (Å²) in [4.78, 5) is 0. The van der Waals surface area contributed by atoms with Crippen molar-refractivity contribution in [3.05, 3.63) is 0 Å². The Bertz CT molecular complexity index is 40.7. The lowest BCUT2D eigenvalue weighted by Crippen LogP contribution is -2.01. The molecule has 0 fully saturated rings. The first-order valence-electron chi connectivity index (χ1n) is 2.51. The summed E-state index contributed by atoms with van der Waals surface area (Å²) in [5, 5.41) is 0. The number of hydrogen-bond donors (Lipinski definition) is 0. The molecule has 0 saturated carbocycles. The zero-order chi connectivity index (χ0) is 5.70. The highest BCUT2D eigenvalue weighted by Gasteiger charge is 1.93. The van der Waals surface area contributed by atoms with Crippen LogP contribution in [-0.2, 0) is 4.29 Å². The maximum atomic E-state index is 4.95. The fourth-order valence-electron chi connectivity index (χ4n) is 0.280. The Balaban J connectivity index is 2.68. The van der Waals surface area contributed by atoms with E-state index in [1.807, 2.05) is 0 Å². The van der Waals surface area contributed by atoms with E-state index < -0.39 is 0 Å². The molecule has 0 aliphatic rings. The number of hydrogen-bond acceptors (Lipinski definition) is 1. The maximum absolute atomic E-state index is 4.95. The smallest absolute Gasteiger partial charge is 0.158 e. The van der Waals surface area contributed by atoms with Gasteiger partial charge in [-0.2, -0.15) is 0 Å². The molecule has 0 aromatic rings. The molecule has 0 amide bonds. The predicted molar refractivity (Wildman–Crippen MR) is 34.1 cm³/mol. The molecule has 0 radical (unpaired) electrons. The van der Waals surface area contributed by atoms with Gasteiger partial charge in [0.25, 0.3) is 0 Å². The van der Waals surface area contributed by atoms with E-state index in [1.165, 1.54) is 0 Å². The van der Waals surface area contributed by atoms with Crippen molar-refractivity contribution in [1.29, 1.82) is 0 Å². The van der Waals surface area contributed by atoms with Gasteiger partial charge < -0.3 is 0 Å². The zero-order valence-corrected chi connectivity index (χ0v) is 5.53. The highest BCUT2D eigenvalue weighted by molar-refractivity contribution is 6.37. The summed E-state index contributed by atoms with van der Waals surface area (Å²) in [5.74, 6) is 0.693. The van der Waals surface area contributed by atoms with Gasteiger partial charge in [-0.15, -0.1) is 0 Å². The standard InChI is InChI=1S/C4H10BClO/c1-4(2)5-3-7-6/h4-5H,3H2,1-2H3. The fraction of sp³-hybridized carbons (Fsp3) is 1.00. The van der Waals surface area contributed by atoms with Gasteiger partial charge in [0.1, 0.15) is 0 Å². The Kier molecular flexibility index (Phi) is 4.67. The van der Waals surface area contributed by atoms with E-state index in [0.717, 1.165) is 7.28 Å². The molecule has 7 heavy (non-hydrogen) atoms. The number of halogens is 1. The van der Waals surface area contributed by atoms with Gasteiger partial charge in [-0.25, -0.2) is 0 Å². The summed E-state index contributed by atoms with van der Waals surface area (Å²) in [5.41, 5.74) is 0. The first-order chi connectivity index (χ1) is 3.27. The van der Waals surface area contributed by atoms with Crippen molar-refractivity contribution >= 4 is 19.1 Å². The van der Waals surface area contributed by atoms with Crippen LogP contribution in [0.1, 0.15) is 13.8 Å². The van der Waals surface area contributed by atoms with Crippen molar-refractivity contribution in [3.63, 3.8) is 0 Å². The largest absolute Gasteiger partial charge is 0.288 e. The summed E-state index contributed by atoms with van der Waals surface area (Å²) >= 11 is 4.95. The van der Waals surface area contributed by atoms with Crippen LogP contribution in [0.15, 0.2) is 0 Å². The van der Waals surface area contributed by atoms with Crippen LogP contribution in [-0.4, -0.2) is 13.8 Å². The SMILES string of the molecule is CC(C)BCOCl. The number of rotatable bonds is 3. The minimum Gasteiger partial charge on any atom is -0.288 e. The second-order valence-corrected chi connectivity index (χ2v) is 2.21. The lowest BCUT2D eigenvalue weighted by molar-refractivity contribution is 0.427. The highest BCUT2D eigenvalue weighted by atomic mass is 35.5. The Hall–Kier alpha value is 0.315. The van der Waals surface area contributed by atoms with Crippen LogP contribution in [0.4, 0.5) is 0 Å². The minimum atomic E-state index is 0.666. The molecule has 0 aromatic heterocycles. The first-order valence-corrected chi connectivity index (χ1v) is 2.81. The Morgan fingerprint density at radius 1 is 1.71 bits per heavy atom. The predicted octanol–water partition coefficient (Wildman–Crippen LogP) is 1.38. The van der Waals surface area contributed by atoms with Crippen molar-refractivity contribution in [2.45, 2.75) is 19.7 Å². The molecule has 0 aromatic carbocycles. The molecule has 0 bridgehead atoms. The van der Waals surface area contributed by atoms with Crippen LogP contribution < -0.4 is 0 Å². The van der Waals surface area contributed by atoms with Crippen LogP contribution in [0.2, 0.25) is 5.82 Å². The molecule has 0 aliphatic heterocycles. The van der Waals surface area contributed by atoms with E-state index in [4.69, 9.17) is 11.9 Å². The van der Waals surface area contributed by atoms with E-state index in [0.29, 0.717) is 12.3 Å². The molecule has 0 saturated heterocycles. The molecule has 0 unspecified atom stereocenters. The van der Waals surface area contributed by atoms with Crippen LogP contribution in [0.5, 0.6) is 0 Å². The van der Waals surface area contributed by atoms with Crippen molar-refractivity contribution in [2.24, 2.45) is 0 Å². The zero-order valence-electron chi connectivity index (χ0n) is 4.78. The normalized spacial score (nSPS) is 9.71. The van der Waals surface area contributed by atoms with Gasteiger partial charge in [0.15, 0.2) is 7.28 Å². The third-order valence-electron chi connectivity index (χ3n) is 0.772. The Labute approximate surface area is 50.4 Å². The highest BCUT2D eigenvalue weighted by Crippen LogP contribution is 1.95. The summed E-state index contributed by atoms with van der Waals surface area (Å²) in [6.45, 7) is 4.94. The quantitative estimate of drug-likeness (QED) is 0.511. The molecular weight excluding hydrogens is 110 g/mol. The van der Waals surface area contributed by atoms with Gasteiger partial charge in [-0.05, 0) is 0 Å². The molecule has 0 aliphatic carbocycles. The second-order valence-electron chi connectivity index (χ2n) is 2.00. The molecule has 0 N–H and O–H groups in total. The van der Waals surface area contributed by atoms with E-state index in [2.05, 4.69) is 18.1 Å². The molecule has 0 atom stereocenters. The molecular formula is C4H10BClO. The lowest BCUT2D eigenvalue weighted by Gasteiger charge is -1.95. The third-order valence-corrected chi connectivity index (χ3v) is 0.927. The van der Waals surface area contributed by atoms with Gasteiger partial charge in [-0.1, -0.05) is 19.7 Å². The van der Waals surface area contributed by atoms with E-state index >= 15 is 0 Å². The molecule has 0 spiro atoms. The molecule has 0 rings (SSSR count). The van der Waals surface area contributed by atoms with Gasteiger partial charge >= 0.3 is 0 Å². The summed E-state index contributed by atoms with van der Waals surface area (Å²) in [7, 11) is 1.05. The molecule has 1 nitrogen and oxygen atoms in total. The van der Waals surface area contributed by atoms with Crippen LogP contribution in [0.25, 0.3) is 0 Å². The topological polar surface area (TPSA) is 9.23 Å². The minimum absolute atomic E-state index is 0.666. The summed E-state index contributed by atoms with van der Waals surface area (Å²) in [6.07, 6.45) is 0. The van der Waals surface area contributed by atoms with Crippen molar-refractivity contribution in [1.82, 2.24) is 0 Å². The van der Waals surface area contributed by atoms with Crippen LogP contribution in [0, 0.1) is 0 Å². The Morgan fingerprint density at radius 3 is 2.43 bits per heavy atom. The van der Waals surface area contributed by atoms with Crippen LogP contribution >= 0.6 is 11.9 Å². The van der Waals surface area contributed by atoms with E-state index in [-0.39, 0.29) is 0 Å². The van der Waals surface area contributed by atoms with Gasteiger partial charge in [-0.3, -0.25) is 4.29 Å².